The Labute approximate surface area is 120 Å². The van der Waals surface area contributed by atoms with Crippen molar-refractivity contribution in [1.82, 2.24) is 9.88 Å². The van der Waals surface area contributed by atoms with Gasteiger partial charge >= 0.3 is 0 Å². The number of hydrogen-bond donors (Lipinski definition) is 0. The van der Waals surface area contributed by atoms with Crippen molar-refractivity contribution >= 4 is 42.2 Å². The van der Waals surface area contributed by atoms with Gasteiger partial charge in [-0.15, -0.1) is 36.4 Å². The summed E-state index contributed by atoms with van der Waals surface area (Å²) in [6, 6.07) is 6.05. The van der Waals surface area contributed by atoms with E-state index in [9.17, 15) is 0 Å². The minimum atomic E-state index is 0. The zero-order valence-electron chi connectivity index (χ0n) is 9.59. The lowest BCUT2D eigenvalue weighted by Gasteiger charge is -2.34. The molecule has 98 valence electrons. The third-order valence-corrected chi connectivity index (χ3v) is 2.92. The predicted octanol–water partition coefficient (Wildman–Crippen LogP) is 2.29. The van der Waals surface area contributed by atoms with E-state index in [1.54, 1.807) is 0 Å². The largest absolute Gasteiger partial charge is 0.354 e. The summed E-state index contributed by atoms with van der Waals surface area (Å²) in [5.74, 6) is 1.81. The van der Waals surface area contributed by atoms with E-state index in [-0.39, 0.29) is 24.8 Å². The van der Waals surface area contributed by atoms with Crippen LogP contribution in [0.4, 0.5) is 5.82 Å². The van der Waals surface area contributed by atoms with Crippen molar-refractivity contribution in [3.8, 4) is 0 Å². The Balaban J connectivity index is 0.00000128. The first-order valence-corrected chi connectivity index (χ1v) is 5.88. The molecule has 1 aliphatic heterocycles. The fraction of sp³-hybridized carbons (Fsp3) is 0.545. The molecule has 0 bridgehead atoms. The summed E-state index contributed by atoms with van der Waals surface area (Å²) in [7, 11) is 0. The zero-order chi connectivity index (χ0) is 10.5. The number of aromatic nitrogens is 1. The van der Waals surface area contributed by atoms with Gasteiger partial charge in [0.05, 0.1) is 0 Å². The molecule has 2 rings (SSSR count). The maximum absolute atomic E-state index is 5.72. The number of pyridine rings is 1. The number of hydrogen-bond acceptors (Lipinski definition) is 3. The zero-order valence-corrected chi connectivity index (χ0v) is 12.0. The van der Waals surface area contributed by atoms with Crippen molar-refractivity contribution in [2.24, 2.45) is 0 Å². The molecule has 0 saturated carbocycles. The Morgan fingerprint density at radius 3 is 2.35 bits per heavy atom. The molecule has 2 heterocycles. The molecule has 3 nitrogen and oxygen atoms in total. The van der Waals surface area contributed by atoms with Crippen LogP contribution in [-0.4, -0.2) is 48.5 Å². The summed E-state index contributed by atoms with van der Waals surface area (Å²) >= 11 is 5.72. The third kappa shape index (κ3) is 4.88. The number of halogens is 3. The second-order valence-corrected chi connectivity index (χ2v) is 4.08. The van der Waals surface area contributed by atoms with E-state index in [1.165, 1.54) is 0 Å². The van der Waals surface area contributed by atoms with Crippen molar-refractivity contribution in [2.45, 2.75) is 0 Å². The highest BCUT2D eigenvalue weighted by atomic mass is 35.5. The number of nitrogens with zero attached hydrogens (tertiary/aromatic N) is 3. The van der Waals surface area contributed by atoms with Crippen molar-refractivity contribution in [1.29, 1.82) is 0 Å². The van der Waals surface area contributed by atoms with Crippen molar-refractivity contribution in [3.63, 3.8) is 0 Å². The predicted molar refractivity (Wildman–Crippen MR) is 78.1 cm³/mol. The van der Waals surface area contributed by atoms with E-state index < -0.39 is 0 Å². The summed E-state index contributed by atoms with van der Waals surface area (Å²) in [6.45, 7) is 5.27. The van der Waals surface area contributed by atoms with Crippen LogP contribution in [0.2, 0.25) is 0 Å². The highest BCUT2D eigenvalue weighted by Crippen LogP contribution is 2.12. The standard InChI is InChI=1S/C11H16ClN3.2ClH/c12-4-6-14-7-9-15(10-8-14)11-3-1-2-5-13-11;;/h1-3,5H,4,6-10H2;2*1H. The molecule has 1 saturated heterocycles. The molecule has 0 unspecified atom stereocenters. The van der Waals surface area contributed by atoms with E-state index in [0.29, 0.717) is 0 Å². The maximum Gasteiger partial charge on any atom is 0.128 e. The summed E-state index contributed by atoms with van der Waals surface area (Å²) in [5.41, 5.74) is 0. The molecular weight excluding hydrogens is 281 g/mol. The Kier molecular flexibility index (Phi) is 8.70. The molecule has 0 aromatic carbocycles. The first-order chi connectivity index (χ1) is 7.40. The summed E-state index contributed by atoms with van der Waals surface area (Å²) < 4.78 is 0. The first-order valence-electron chi connectivity index (χ1n) is 5.34. The van der Waals surface area contributed by atoms with Gasteiger partial charge in [-0.2, -0.15) is 0 Å². The molecule has 0 N–H and O–H groups in total. The normalized spacial score (nSPS) is 15.9. The van der Waals surface area contributed by atoms with Gasteiger partial charge in [0.25, 0.3) is 0 Å². The molecule has 0 atom stereocenters. The van der Waals surface area contributed by atoms with Gasteiger partial charge in [0.2, 0.25) is 0 Å². The van der Waals surface area contributed by atoms with Crippen LogP contribution in [0.3, 0.4) is 0 Å². The monoisotopic (exact) mass is 297 g/mol. The molecule has 0 radical (unpaired) electrons. The lowest BCUT2D eigenvalue weighted by atomic mass is 10.3. The van der Waals surface area contributed by atoms with Gasteiger partial charge in [-0.25, -0.2) is 4.98 Å². The Hall–Kier alpha value is -0.220. The van der Waals surface area contributed by atoms with Crippen LogP contribution in [0, 0.1) is 0 Å². The Morgan fingerprint density at radius 1 is 1.12 bits per heavy atom. The molecule has 0 amide bonds. The molecular formula is C11H18Cl3N3. The van der Waals surface area contributed by atoms with Crippen LogP contribution < -0.4 is 4.90 Å². The molecule has 17 heavy (non-hydrogen) atoms. The van der Waals surface area contributed by atoms with Gasteiger partial charge in [-0.05, 0) is 12.1 Å². The second-order valence-electron chi connectivity index (χ2n) is 3.71. The Bertz CT molecular complexity index is 289. The SMILES string of the molecule is Cl.Cl.ClCCN1CCN(c2ccccn2)CC1. The van der Waals surface area contributed by atoms with E-state index in [2.05, 4.69) is 20.9 Å². The second kappa shape index (κ2) is 8.81. The summed E-state index contributed by atoms with van der Waals surface area (Å²) in [4.78, 5) is 9.07. The molecule has 0 spiro atoms. The maximum atomic E-state index is 5.72. The molecule has 1 fully saturated rings. The van der Waals surface area contributed by atoms with E-state index in [0.717, 1.165) is 44.4 Å². The van der Waals surface area contributed by atoms with Crippen molar-refractivity contribution < 1.29 is 0 Å². The fourth-order valence-corrected chi connectivity index (χ4v) is 2.10. The minimum Gasteiger partial charge on any atom is -0.354 e. The third-order valence-electron chi connectivity index (χ3n) is 2.75. The number of alkyl halides is 1. The molecule has 1 aromatic heterocycles. The van der Waals surface area contributed by atoms with Crippen LogP contribution >= 0.6 is 36.4 Å². The lowest BCUT2D eigenvalue weighted by Crippen LogP contribution is -2.47. The fourth-order valence-electron chi connectivity index (χ4n) is 1.86. The number of rotatable bonds is 3. The van der Waals surface area contributed by atoms with Crippen LogP contribution in [0.15, 0.2) is 24.4 Å². The van der Waals surface area contributed by atoms with Crippen LogP contribution in [0.5, 0.6) is 0 Å². The number of piperazine rings is 1. The van der Waals surface area contributed by atoms with Crippen LogP contribution in [0.25, 0.3) is 0 Å². The summed E-state index contributed by atoms with van der Waals surface area (Å²) in [5, 5.41) is 0. The van der Waals surface area contributed by atoms with Gasteiger partial charge in [0, 0.05) is 44.8 Å². The number of anilines is 1. The molecule has 1 aromatic rings. The summed E-state index contributed by atoms with van der Waals surface area (Å²) in [6.07, 6.45) is 1.85. The molecule has 1 aliphatic rings. The average molecular weight is 299 g/mol. The lowest BCUT2D eigenvalue weighted by molar-refractivity contribution is 0.272. The quantitative estimate of drug-likeness (QED) is 0.798. The first kappa shape index (κ1) is 16.8. The van der Waals surface area contributed by atoms with Crippen molar-refractivity contribution in [2.75, 3.05) is 43.5 Å². The van der Waals surface area contributed by atoms with Gasteiger partial charge in [-0.3, -0.25) is 4.90 Å². The van der Waals surface area contributed by atoms with E-state index >= 15 is 0 Å². The topological polar surface area (TPSA) is 19.4 Å². The van der Waals surface area contributed by atoms with Crippen LogP contribution in [0.1, 0.15) is 0 Å². The van der Waals surface area contributed by atoms with Crippen LogP contribution in [-0.2, 0) is 0 Å². The minimum absolute atomic E-state index is 0. The van der Waals surface area contributed by atoms with E-state index in [4.69, 9.17) is 11.6 Å². The average Bonchev–Trinajstić information content (AvgIpc) is 2.32. The Morgan fingerprint density at radius 2 is 1.82 bits per heavy atom. The van der Waals surface area contributed by atoms with Gasteiger partial charge in [0.15, 0.2) is 0 Å². The smallest absolute Gasteiger partial charge is 0.128 e. The highest BCUT2D eigenvalue weighted by molar-refractivity contribution is 6.18. The molecule has 6 heteroatoms. The molecule has 0 aliphatic carbocycles. The van der Waals surface area contributed by atoms with Gasteiger partial charge < -0.3 is 4.90 Å². The van der Waals surface area contributed by atoms with Gasteiger partial charge in [-0.1, -0.05) is 6.07 Å². The van der Waals surface area contributed by atoms with Gasteiger partial charge in [0.1, 0.15) is 5.82 Å². The van der Waals surface area contributed by atoms with Crippen molar-refractivity contribution in [3.05, 3.63) is 24.4 Å². The van der Waals surface area contributed by atoms with E-state index in [1.807, 2.05) is 18.3 Å². The highest BCUT2D eigenvalue weighted by Gasteiger charge is 2.16.